The normalized spacial score (nSPS) is 10.7. The molecule has 0 aliphatic heterocycles. The topological polar surface area (TPSA) is 30.0 Å². The fraction of sp³-hybridized carbons (Fsp3) is 0. The first-order chi connectivity index (χ1) is 8.83. The van der Waals surface area contributed by atoms with Crippen LogP contribution in [-0.4, -0.2) is 10.1 Å². The van der Waals surface area contributed by atoms with E-state index in [4.69, 9.17) is 0 Å². The van der Waals surface area contributed by atoms with Gasteiger partial charge >= 0.3 is 0 Å². The minimum Gasteiger partial charge on any atom is -0.281 e. The van der Waals surface area contributed by atoms with Crippen LogP contribution in [-0.2, 0) is 0 Å². The van der Waals surface area contributed by atoms with Gasteiger partial charge in [0, 0.05) is 10.5 Å². The van der Waals surface area contributed by atoms with E-state index in [1.165, 1.54) is 11.8 Å². The van der Waals surface area contributed by atoms with E-state index in [1.807, 2.05) is 48.5 Å². The van der Waals surface area contributed by atoms with Crippen LogP contribution >= 0.6 is 23.1 Å². The summed E-state index contributed by atoms with van der Waals surface area (Å²) in [4.78, 5) is 17.3. The Morgan fingerprint density at radius 3 is 2.78 bits per heavy atom. The van der Waals surface area contributed by atoms with Gasteiger partial charge in [0.15, 0.2) is 0 Å². The highest BCUT2D eigenvalue weighted by atomic mass is 32.2. The van der Waals surface area contributed by atoms with Crippen molar-refractivity contribution in [3.8, 4) is 0 Å². The van der Waals surface area contributed by atoms with Crippen molar-refractivity contribution in [3.63, 3.8) is 0 Å². The van der Waals surface area contributed by atoms with Crippen LogP contribution in [0.4, 0.5) is 0 Å². The van der Waals surface area contributed by atoms with Gasteiger partial charge in [0.25, 0.3) is 0 Å². The van der Waals surface area contributed by atoms with Crippen LogP contribution in [0.5, 0.6) is 0 Å². The third kappa shape index (κ3) is 2.30. The first-order valence-corrected chi connectivity index (χ1v) is 7.13. The highest BCUT2D eigenvalue weighted by Crippen LogP contribution is 2.25. The average molecular weight is 271 g/mol. The second-order valence-electron chi connectivity index (χ2n) is 3.74. The maximum atomic E-state index is 12.1. The van der Waals surface area contributed by atoms with Gasteiger partial charge in [-0.1, -0.05) is 18.2 Å². The summed E-state index contributed by atoms with van der Waals surface area (Å²) in [6, 6.07) is 15.3. The predicted octanol–water partition coefficient (Wildman–Crippen LogP) is 4.23. The van der Waals surface area contributed by atoms with Gasteiger partial charge in [-0.25, -0.2) is 4.98 Å². The Morgan fingerprint density at radius 2 is 1.94 bits per heavy atom. The summed E-state index contributed by atoms with van der Waals surface area (Å²) in [6.45, 7) is 0. The van der Waals surface area contributed by atoms with Crippen molar-refractivity contribution < 1.29 is 4.79 Å². The Labute approximate surface area is 113 Å². The van der Waals surface area contributed by atoms with Crippen molar-refractivity contribution in [2.75, 3.05) is 0 Å². The number of carbonyl (C=O) groups excluding carboxylic acids is 1. The maximum Gasteiger partial charge on any atom is 0.224 e. The molecule has 3 rings (SSSR count). The Balaban J connectivity index is 1.87. The van der Waals surface area contributed by atoms with Crippen molar-refractivity contribution >= 4 is 38.4 Å². The Kier molecular flexibility index (Phi) is 3.13. The molecule has 3 aromatic rings. The molecule has 0 saturated heterocycles. The molecule has 2 aromatic carbocycles. The molecule has 0 N–H and O–H groups in total. The van der Waals surface area contributed by atoms with E-state index in [0.717, 1.165) is 20.7 Å². The van der Waals surface area contributed by atoms with Gasteiger partial charge in [-0.15, -0.1) is 11.3 Å². The number of nitrogens with zero attached hydrogens (tertiary/aromatic N) is 1. The van der Waals surface area contributed by atoms with E-state index in [-0.39, 0.29) is 5.12 Å². The number of fused-ring (bicyclic) bond motifs is 1. The predicted molar refractivity (Wildman–Crippen MR) is 76.2 cm³/mol. The van der Waals surface area contributed by atoms with Crippen molar-refractivity contribution in [1.82, 2.24) is 4.98 Å². The SMILES string of the molecule is O=C(Sc1ccccc1)c1ccc2ncsc2c1. The lowest BCUT2D eigenvalue weighted by Gasteiger charge is -2.00. The molecule has 0 aliphatic carbocycles. The number of hydrogen-bond acceptors (Lipinski definition) is 4. The molecule has 0 spiro atoms. The fourth-order valence-electron chi connectivity index (χ4n) is 1.64. The molecule has 1 heterocycles. The fourth-order valence-corrected chi connectivity index (χ4v) is 3.11. The molecule has 88 valence electrons. The van der Waals surface area contributed by atoms with Crippen molar-refractivity contribution in [2.45, 2.75) is 4.90 Å². The Hall–Kier alpha value is -1.65. The molecule has 0 aliphatic rings. The monoisotopic (exact) mass is 271 g/mol. The molecule has 2 nitrogen and oxygen atoms in total. The molecular formula is C14H9NOS2. The molecule has 0 amide bonds. The lowest BCUT2D eigenvalue weighted by atomic mass is 10.2. The van der Waals surface area contributed by atoms with Gasteiger partial charge < -0.3 is 0 Å². The zero-order valence-corrected chi connectivity index (χ0v) is 11.0. The van der Waals surface area contributed by atoms with Gasteiger partial charge in [-0.05, 0) is 42.1 Å². The van der Waals surface area contributed by atoms with Crippen molar-refractivity contribution in [2.24, 2.45) is 0 Å². The molecule has 0 unspecified atom stereocenters. The van der Waals surface area contributed by atoms with Gasteiger partial charge in [-0.3, -0.25) is 4.79 Å². The average Bonchev–Trinajstić information content (AvgIpc) is 2.87. The lowest BCUT2D eigenvalue weighted by molar-refractivity contribution is 0.108. The van der Waals surface area contributed by atoms with Crippen molar-refractivity contribution in [1.29, 1.82) is 0 Å². The molecule has 1 aromatic heterocycles. The molecular weight excluding hydrogens is 262 g/mol. The zero-order chi connectivity index (χ0) is 12.4. The van der Waals surface area contributed by atoms with Crippen LogP contribution in [0.3, 0.4) is 0 Å². The van der Waals surface area contributed by atoms with Gasteiger partial charge in [0.1, 0.15) is 0 Å². The van der Waals surface area contributed by atoms with Crippen LogP contribution < -0.4 is 0 Å². The first-order valence-electron chi connectivity index (χ1n) is 5.43. The number of benzene rings is 2. The Morgan fingerprint density at radius 1 is 1.11 bits per heavy atom. The van der Waals surface area contributed by atoms with E-state index in [9.17, 15) is 4.79 Å². The molecule has 0 bridgehead atoms. The van der Waals surface area contributed by atoms with E-state index in [2.05, 4.69) is 4.98 Å². The van der Waals surface area contributed by atoms with E-state index in [1.54, 1.807) is 16.8 Å². The van der Waals surface area contributed by atoms with Gasteiger partial charge in [0.2, 0.25) is 5.12 Å². The highest BCUT2D eigenvalue weighted by Gasteiger charge is 2.09. The number of thioether (sulfide) groups is 1. The smallest absolute Gasteiger partial charge is 0.224 e. The third-order valence-electron chi connectivity index (χ3n) is 2.52. The van der Waals surface area contributed by atoms with E-state index in [0.29, 0.717) is 0 Å². The molecule has 4 heteroatoms. The minimum absolute atomic E-state index is 0.0662. The summed E-state index contributed by atoms with van der Waals surface area (Å²) in [7, 11) is 0. The zero-order valence-electron chi connectivity index (χ0n) is 9.37. The van der Waals surface area contributed by atoms with Crippen LogP contribution in [0.1, 0.15) is 10.4 Å². The van der Waals surface area contributed by atoms with Crippen LogP contribution in [0.25, 0.3) is 10.2 Å². The molecule has 18 heavy (non-hydrogen) atoms. The highest BCUT2D eigenvalue weighted by molar-refractivity contribution is 8.14. The summed E-state index contributed by atoms with van der Waals surface area (Å²) < 4.78 is 1.05. The number of aromatic nitrogens is 1. The first kappa shape index (κ1) is 11.4. The Bertz CT molecular complexity index is 691. The quantitative estimate of drug-likeness (QED) is 0.653. The van der Waals surface area contributed by atoms with Crippen molar-refractivity contribution in [3.05, 3.63) is 59.6 Å². The number of thiazole rings is 1. The molecule has 0 atom stereocenters. The van der Waals surface area contributed by atoms with Crippen LogP contribution in [0, 0.1) is 0 Å². The lowest BCUT2D eigenvalue weighted by Crippen LogP contribution is -1.92. The summed E-state index contributed by atoms with van der Waals surface area (Å²) in [5, 5.41) is 0.0662. The third-order valence-corrected chi connectivity index (χ3v) is 4.24. The number of carbonyl (C=O) groups is 1. The van der Waals surface area contributed by atoms with E-state index < -0.39 is 0 Å². The molecule has 0 saturated carbocycles. The maximum absolute atomic E-state index is 12.1. The second-order valence-corrected chi connectivity index (χ2v) is 5.67. The largest absolute Gasteiger partial charge is 0.281 e. The number of hydrogen-bond donors (Lipinski definition) is 0. The summed E-state index contributed by atoms with van der Waals surface area (Å²) in [5.41, 5.74) is 3.46. The van der Waals surface area contributed by atoms with Gasteiger partial charge in [-0.2, -0.15) is 0 Å². The van der Waals surface area contributed by atoms with E-state index >= 15 is 0 Å². The summed E-state index contributed by atoms with van der Waals surface area (Å²) in [6.07, 6.45) is 0. The van der Waals surface area contributed by atoms with Crippen LogP contribution in [0.2, 0.25) is 0 Å². The van der Waals surface area contributed by atoms with Gasteiger partial charge in [0.05, 0.1) is 15.7 Å². The number of rotatable bonds is 2. The standard InChI is InChI=1S/C14H9NOS2/c16-14(18-11-4-2-1-3-5-11)10-6-7-12-13(8-10)17-9-15-12/h1-9H. The van der Waals surface area contributed by atoms with Crippen LogP contribution in [0.15, 0.2) is 58.9 Å². The summed E-state index contributed by atoms with van der Waals surface area (Å²) in [5.74, 6) is 0. The minimum atomic E-state index is 0.0662. The molecule has 0 radical (unpaired) electrons. The summed E-state index contributed by atoms with van der Waals surface area (Å²) >= 11 is 2.81. The second kappa shape index (κ2) is 4.92. The molecule has 0 fully saturated rings.